The standard InChI is InChI=1S/C16H15NO5S2/c1-21-15(19)8-5-6-9-11(8)12(16(20)22-2)14(24-9)17-13(18)10-4-3-7-23-10/h3-4,7-8H,5-6H2,1-2H3,(H,17,18). The number of methoxy groups -OCH3 is 2. The van der Waals surface area contributed by atoms with Crippen molar-refractivity contribution in [1.29, 1.82) is 0 Å². The Morgan fingerprint density at radius 3 is 2.67 bits per heavy atom. The summed E-state index contributed by atoms with van der Waals surface area (Å²) < 4.78 is 9.70. The number of rotatable bonds is 4. The van der Waals surface area contributed by atoms with Gasteiger partial charge in [0.25, 0.3) is 5.91 Å². The molecule has 1 amide bonds. The van der Waals surface area contributed by atoms with Gasteiger partial charge in [0.15, 0.2) is 0 Å². The third kappa shape index (κ3) is 2.83. The van der Waals surface area contributed by atoms with E-state index < -0.39 is 11.9 Å². The van der Waals surface area contributed by atoms with Crippen molar-refractivity contribution in [3.63, 3.8) is 0 Å². The Morgan fingerprint density at radius 1 is 1.25 bits per heavy atom. The summed E-state index contributed by atoms with van der Waals surface area (Å²) in [5.74, 6) is -1.73. The molecule has 6 nitrogen and oxygen atoms in total. The number of aryl methyl sites for hydroxylation is 1. The first kappa shape index (κ1) is 16.7. The van der Waals surface area contributed by atoms with Crippen LogP contribution in [0.1, 0.15) is 42.8 Å². The number of fused-ring (bicyclic) bond motifs is 1. The van der Waals surface area contributed by atoms with Crippen LogP contribution in [0.2, 0.25) is 0 Å². The molecule has 126 valence electrons. The smallest absolute Gasteiger partial charge is 0.341 e. The maximum absolute atomic E-state index is 12.3. The molecule has 24 heavy (non-hydrogen) atoms. The highest BCUT2D eigenvalue weighted by molar-refractivity contribution is 7.17. The Morgan fingerprint density at radius 2 is 2.04 bits per heavy atom. The quantitative estimate of drug-likeness (QED) is 0.842. The summed E-state index contributed by atoms with van der Waals surface area (Å²) in [4.78, 5) is 38.0. The fraction of sp³-hybridized carbons (Fsp3) is 0.312. The third-order valence-corrected chi connectivity index (χ3v) is 5.93. The molecule has 2 heterocycles. The van der Waals surface area contributed by atoms with Crippen LogP contribution in [-0.4, -0.2) is 32.1 Å². The van der Waals surface area contributed by atoms with Crippen LogP contribution >= 0.6 is 22.7 Å². The van der Waals surface area contributed by atoms with Gasteiger partial charge >= 0.3 is 11.9 Å². The van der Waals surface area contributed by atoms with E-state index in [0.717, 1.165) is 4.88 Å². The zero-order valence-corrected chi connectivity index (χ0v) is 14.7. The number of anilines is 1. The van der Waals surface area contributed by atoms with Gasteiger partial charge in [-0.05, 0) is 29.9 Å². The molecule has 8 heteroatoms. The highest BCUT2D eigenvalue weighted by Gasteiger charge is 2.38. The molecule has 0 bridgehead atoms. The summed E-state index contributed by atoms with van der Waals surface area (Å²) in [5, 5.41) is 4.99. The van der Waals surface area contributed by atoms with Crippen molar-refractivity contribution >= 4 is 45.5 Å². The maximum Gasteiger partial charge on any atom is 0.341 e. The molecule has 0 spiro atoms. The zero-order valence-electron chi connectivity index (χ0n) is 13.1. The lowest BCUT2D eigenvalue weighted by Gasteiger charge is -2.11. The van der Waals surface area contributed by atoms with E-state index >= 15 is 0 Å². The molecule has 1 aliphatic rings. The van der Waals surface area contributed by atoms with Gasteiger partial charge in [-0.3, -0.25) is 9.59 Å². The zero-order chi connectivity index (χ0) is 17.3. The van der Waals surface area contributed by atoms with Crippen LogP contribution in [0.4, 0.5) is 5.00 Å². The molecule has 0 fully saturated rings. The fourth-order valence-electron chi connectivity index (χ4n) is 2.81. The molecule has 3 rings (SSSR count). The van der Waals surface area contributed by atoms with Crippen LogP contribution in [0.25, 0.3) is 0 Å². The van der Waals surface area contributed by atoms with Gasteiger partial charge in [0.1, 0.15) is 5.00 Å². The minimum absolute atomic E-state index is 0.260. The average molecular weight is 365 g/mol. The first-order valence-electron chi connectivity index (χ1n) is 7.23. The van der Waals surface area contributed by atoms with Gasteiger partial charge in [0, 0.05) is 4.88 Å². The second kappa shape index (κ2) is 6.74. The van der Waals surface area contributed by atoms with Crippen molar-refractivity contribution in [2.75, 3.05) is 19.5 Å². The van der Waals surface area contributed by atoms with Crippen LogP contribution in [-0.2, 0) is 20.7 Å². The normalized spacial score (nSPS) is 15.7. The molecule has 2 aromatic rings. The summed E-state index contributed by atoms with van der Waals surface area (Å²) in [6.07, 6.45) is 1.26. The van der Waals surface area contributed by atoms with E-state index in [1.165, 1.54) is 36.9 Å². The van der Waals surface area contributed by atoms with Gasteiger partial charge in [0.05, 0.1) is 30.6 Å². The Kier molecular flexibility index (Phi) is 4.68. The second-order valence-electron chi connectivity index (χ2n) is 5.18. The monoisotopic (exact) mass is 365 g/mol. The minimum atomic E-state index is -0.565. The van der Waals surface area contributed by atoms with Gasteiger partial charge in [-0.1, -0.05) is 6.07 Å². The van der Waals surface area contributed by atoms with E-state index in [0.29, 0.717) is 28.3 Å². The summed E-state index contributed by atoms with van der Waals surface area (Å²) in [7, 11) is 2.60. The summed E-state index contributed by atoms with van der Waals surface area (Å²) >= 11 is 2.63. The average Bonchev–Trinajstić information content (AvgIpc) is 3.29. The van der Waals surface area contributed by atoms with E-state index in [9.17, 15) is 14.4 Å². The van der Waals surface area contributed by atoms with Gasteiger partial charge in [-0.15, -0.1) is 22.7 Å². The lowest BCUT2D eigenvalue weighted by Crippen LogP contribution is -2.17. The van der Waals surface area contributed by atoms with E-state index in [4.69, 9.17) is 9.47 Å². The number of esters is 2. The van der Waals surface area contributed by atoms with Crippen molar-refractivity contribution in [3.8, 4) is 0 Å². The molecular weight excluding hydrogens is 350 g/mol. The minimum Gasteiger partial charge on any atom is -0.469 e. The fourth-order valence-corrected chi connectivity index (χ4v) is 4.69. The molecule has 0 saturated heterocycles. The van der Waals surface area contributed by atoms with Crippen molar-refractivity contribution < 1.29 is 23.9 Å². The lowest BCUT2D eigenvalue weighted by atomic mass is 9.99. The number of ether oxygens (including phenoxy) is 2. The molecule has 0 saturated carbocycles. The Hall–Kier alpha value is -2.19. The lowest BCUT2D eigenvalue weighted by molar-refractivity contribution is -0.142. The van der Waals surface area contributed by atoms with Crippen LogP contribution in [0.5, 0.6) is 0 Å². The van der Waals surface area contributed by atoms with Crippen molar-refractivity contribution in [2.24, 2.45) is 0 Å². The van der Waals surface area contributed by atoms with Crippen LogP contribution in [0.15, 0.2) is 17.5 Å². The Labute approximate surface area is 146 Å². The second-order valence-corrected chi connectivity index (χ2v) is 7.23. The van der Waals surface area contributed by atoms with E-state index in [-0.39, 0.29) is 17.4 Å². The number of carbonyl (C=O) groups excluding carboxylic acids is 3. The number of carbonyl (C=O) groups is 3. The SMILES string of the molecule is COC(=O)c1c(NC(=O)c2cccs2)sc2c1C(C(=O)OC)CC2. The molecule has 0 radical (unpaired) electrons. The number of nitrogens with one attached hydrogen (secondary N) is 1. The third-order valence-electron chi connectivity index (χ3n) is 3.88. The summed E-state index contributed by atoms with van der Waals surface area (Å²) in [6.45, 7) is 0. The molecule has 1 atom stereocenters. The van der Waals surface area contributed by atoms with Gasteiger partial charge in [0.2, 0.25) is 0 Å². The number of hydrogen-bond acceptors (Lipinski definition) is 7. The number of amides is 1. The van der Waals surface area contributed by atoms with E-state index in [2.05, 4.69) is 5.32 Å². The molecular formula is C16H15NO5S2. The Bertz CT molecular complexity index is 794. The highest BCUT2D eigenvalue weighted by atomic mass is 32.1. The van der Waals surface area contributed by atoms with E-state index in [1.54, 1.807) is 17.5 Å². The number of hydrogen-bond donors (Lipinski definition) is 1. The van der Waals surface area contributed by atoms with Gasteiger partial charge < -0.3 is 14.8 Å². The van der Waals surface area contributed by atoms with Gasteiger partial charge in [-0.2, -0.15) is 0 Å². The van der Waals surface area contributed by atoms with Crippen molar-refractivity contribution in [1.82, 2.24) is 0 Å². The molecule has 1 aliphatic carbocycles. The van der Waals surface area contributed by atoms with Crippen LogP contribution in [0, 0.1) is 0 Å². The van der Waals surface area contributed by atoms with Crippen molar-refractivity contribution in [2.45, 2.75) is 18.8 Å². The van der Waals surface area contributed by atoms with Crippen molar-refractivity contribution in [3.05, 3.63) is 38.4 Å². The molecule has 1 N–H and O–H groups in total. The number of thiophene rings is 2. The molecule has 2 aromatic heterocycles. The van der Waals surface area contributed by atoms with Gasteiger partial charge in [-0.25, -0.2) is 4.79 Å². The molecule has 0 aliphatic heterocycles. The highest BCUT2D eigenvalue weighted by Crippen LogP contribution is 2.46. The predicted molar refractivity (Wildman–Crippen MR) is 91.0 cm³/mol. The Balaban J connectivity index is 2.00. The first-order valence-corrected chi connectivity index (χ1v) is 8.93. The van der Waals surface area contributed by atoms with Crippen LogP contribution < -0.4 is 5.32 Å². The molecule has 1 unspecified atom stereocenters. The van der Waals surface area contributed by atoms with E-state index in [1.807, 2.05) is 0 Å². The first-order chi connectivity index (χ1) is 11.6. The summed E-state index contributed by atoms with van der Waals surface area (Å²) in [5.41, 5.74) is 0.885. The predicted octanol–water partition coefficient (Wildman–Crippen LogP) is 3.05. The molecule has 0 aromatic carbocycles. The summed E-state index contributed by atoms with van der Waals surface area (Å²) in [6, 6.07) is 3.48. The van der Waals surface area contributed by atoms with Crippen LogP contribution in [0.3, 0.4) is 0 Å². The largest absolute Gasteiger partial charge is 0.469 e. The topological polar surface area (TPSA) is 81.7 Å². The maximum atomic E-state index is 12.3.